The summed E-state index contributed by atoms with van der Waals surface area (Å²) in [5.74, 6) is -0.597. The molecule has 1 heterocycles. The molecule has 4 nitrogen and oxygen atoms in total. The van der Waals surface area contributed by atoms with E-state index in [4.69, 9.17) is 0 Å². The van der Waals surface area contributed by atoms with Crippen LogP contribution in [0.1, 0.15) is 31.3 Å². The van der Waals surface area contributed by atoms with Crippen molar-refractivity contribution >= 4 is 5.97 Å². The molecule has 0 aromatic carbocycles. The number of nitrogens with zero attached hydrogens (tertiary/aromatic N) is 2. The molecule has 0 amide bonds. The van der Waals surface area contributed by atoms with Crippen LogP contribution in [0.4, 0.5) is 8.78 Å². The molecule has 0 fully saturated rings. The van der Waals surface area contributed by atoms with Gasteiger partial charge in [0.05, 0.1) is 19.5 Å². The molecule has 1 rings (SSSR count). The van der Waals surface area contributed by atoms with E-state index in [2.05, 4.69) is 9.72 Å². The first-order chi connectivity index (χ1) is 7.63. The van der Waals surface area contributed by atoms with Gasteiger partial charge in [-0.05, 0) is 6.92 Å². The smallest absolute Gasteiger partial charge is 0.358 e. The highest BCUT2D eigenvalue weighted by Crippen LogP contribution is 2.02. The van der Waals surface area contributed by atoms with Gasteiger partial charge in [-0.15, -0.1) is 0 Å². The lowest BCUT2D eigenvalue weighted by Gasteiger charge is -1.98. The van der Waals surface area contributed by atoms with Gasteiger partial charge in [-0.25, -0.2) is 18.6 Å². The third-order valence-electron chi connectivity index (χ3n) is 1.47. The minimum atomic E-state index is -2.46. The van der Waals surface area contributed by atoms with Crippen molar-refractivity contribution in [3.8, 4) is 0 Å². The lowest BCUT2D eigenvalue weighted by atomic mass is 10.5. The Morgan fingerprint density at radius 2 is 2.19 bits per heavy atom. The summed E-state index contributed by atoms with van der Waals surface area (Å²) >= 11 is 0. The fourth-order valence-electron chi connectivity index (χ4n) is 0.930. The Bertz CT molecular complexity index is 314. The van der Waals surface area contributed by atoms with Gasteiger partial charge in [-0.2, -0.15) is 0 Å². The van der Waals surface area contributed by atoms with Crippen LogP contribution in [-0.2, 0) is 11.3 Å². The normalized spacial score (nSPS) is 9.62. The van der Waals surface area contributed by atoms with Gasteiger partial charge in [-0.3, -0.25) is 0 Å². The minimum absolute atomic E-state index is 0.0486. The average molecular weight is 234 g/mol. The summed E-state index contributed by atoms with van der Waals surface area (Å²) < 4.78 is 29.6. The summed E-state index contributed by atoms with van der Waals surface area (Å²) in [6.07, 6.45) is -0.0398. The molecule has 0 bridgehead atoms. The van der Waals surface area contributed by atoms with Crippen molar-refractivity contribution in [3.05, 3.63) is 18.2 Å². The van der Waals surface area contributed by atoms with Gasteiger partial charge >= 0.3 is 5.97 Å². The number of hydrogen-bond acceptors (Lipinski definition) is 3. The van der Waals surface area contributed by atoms with Crippen molar-refractivity contribution in [2.75, 3.05) is 6.61 Å². The Morgan fingerprint density at radius 1 is 1.56 bits per heavy atom. The number of rotatable bonds is 4. The zero-order valence-corrected chi connectivity index (χ0v) is 9.61. The fraction of sp³-hybridized carbons (Fsp3) is 0.600. The predicted octanol–water partition coefficient (Wildman–Crippen LogP) is 2.35. The maximum Gasteiger partial charge on any atom is 0.358 e. The Labute approximate surface area is 93.2 Å². The predicted molar refractivity (Wildman–Crippen MR) is 55.5 cm³/mol. The van der Waals surface area contributed by atoms with Crippen LogP contribution in [0.5, 0.6) is 0 Å². The Balaban J connectivity index is 0.00000106. The monoisotopic (exact) mass is 234 g/mol. The number of halogens is 2. The van der Waals surface area contributed by atoms with Crippen LogP contribution < -0.4 is 0 Å². The average Bonchev–Trinajstić information content (AvgIpc) is 2.69. The zero-order valence-electron chi connectivity index (χ0n) is 9.61. The first-order valence-corrected chi connectivity index (χ1v) is 5.10. The molecule has 1 aromatic rings. The molecular weight excluding hydrogens is 218 g/mol. The number of carbonyl (C=O) groups excluding carboxylic acids is 1. The second kappa shape index (κ2) is 7.78. The van der Waals surface area contributed by atoms with Crippen molar-refractivity contribution in [1.82, 2.24) is 9.55 Å². The SMILES string of the molecule is CC.CCOC(=O)c1cn(CC(F)F)cn1. The molecule has 0 aliphatic carbocycles. The van der Waals surface area contributed by atoms with Gasteiger partial charge in [0.25, 0.3) is 6.43 Å². The largest absolute Gasteiger partial charge is 0.461 e. The summed E-state index contributed by atoms with van der Waals surface area (Å²) in [5, 5.41) is 0. The van der Waals surface area contributed by atoms with E-state index in [1.54, 1.807) is 6.92 Å². The maximum atomic E-state index is 11.9. The molecule has 1 aromatic heterocycles. The topological polar surface area (TPSA) is 44.1 Å². The fourth-order valence-corrected chi connectivity index (χ4v) is 0.930. The second-order valence-corrected chi connectivity index (χ2v) is 2.57. The Morgan fingerprint density at radius 3 is 2.69 bits per heavy atom. The lowest BCUT2D eigenvalue weighted by Crippen LogP contribution is -2.06. The molecule has 0 aliphatic rings. The highest BCUT2D eigenvalue weighted by molar-refractivity contribution is 5.86. The third-order valence-corrected chi connectivity index (χ3v) is 1.47. The highest BCUT2D eigenvalue weighted by atomic mass is 19.3. The van der Waals surface area contributed by atoms with Gasteiger partial charge < -0.3 is 9.30 Å². The van der Waals surface area contributed by atoms with Crippen LogP contribution in [0.3, 0.4) is 0 Å². The van der Waals surface area contributed by atoms with Gasteiger partial charge in [0, 0.05) is 6.20 Å². The van der Waals surface area contributed by atoms with E-state index in [1.807, 2.05) is 13.8 Å². The van der Waals surface area contributed by atoms with Gasteiger partial charge in [0.1, 0.15) is 0 Å². The van der Waals surface area contributed by atoms with Crippen molar-refractivity contribution in [3.63, 3.8) is 0 Å². The molecular formula is C10H16F2N2O2. The van der Waals surface area contributed by atoms with E-state index in [1.165, 1.54) is 12.5 Å². The van der Waals surface area contributed by atoms with Crippen LogP contribution in [0.15, 0.2) is 12.5 Å². The Hall–Kier alpha value is -1.46. The van der Waals surface area contributed by atoms with E-state index in [0.29, 0.717) is 0 Å². The van der Waals surface area contributed by atoms with E-state index >= 15 is 0 Å². The molecule has 16 heavy (non-hydrogen) atoms. The molecule has 0 N–H and O–H groups in total. The molecule has 0 aliphatic heterocycles. The standard InChI is InChI=1S/C8H10F2N2O2.C2H6/c1-2-14-8(13)6-3-12(5-11-6)4-7(9)10;1-2/h3,5,7H,2,4H2,1H3;1-2H3. The molecule has 0 unspecified atom stereocenters. The van der Waals surface area contributed by atoms with Crippen LogP contribution >= 0.6 is 0 Å². The van der Waals surface area contributed by atoms with Gasteiger partial charge in [0.15, 0.2) is 5.69 Å². The van der Waals surface area contributed by atoms with Crippen LogP contribution in [0, 0.1) is 0 Å². The van der Waals surface area contributed by atoms with Crippen molar-refractivity contribution in [2.24, 2.45) is 0 Å². The molecule has 6 heteroatoms. The van der Waals surface area contributed by atoms with Crippen LogP contribution in [0.2, 0.25) is 0 Å². The van der Waals surface area contributed by atoms with Crippen LogP contribution in [-0.4, -0.2) is 28.6 Å². The van der Waals surface area contributed by atoms with Crippen molar-refractivity contribution in [2.45, 2.75) is 33.7 Å². The van der Waals surface area contributed by atoms with E-state index in [-0.39, 0.29) is 12.3 Å². The summed E-state index contributed by atoms with van der Waals surface area (Å²) in [7, 11) is 0. The number of aromatic nitrogens is 2. The van der Waals surface area contributed by atoms with Gasteiger partial charge in [-0.1, -0.05) is 13.8 Å². The van der Waals surface area contributed by atoms with Crippen molar-refractivity contribution in [1.29, 1.82) is 0 Å². The maximum absolute atomic E-state index is 11.9. The molecule has 0 radical (unpaired) electrons. The highest BCUT2D eigenvalue weighted by Gasteiger charge is 2.11. The number of alkyl halides is 2. The van der Waals surface area contributed by atoms with Gasteiger partial charge in [0.2, 0.25) is 0 Å². The third kappa shape index (κ3) is 4.86. The molecule has 0 saturated carbocycles. The zero-order chi connectivity index (χ0) is 12.6. The first kappa shape index (κ1) is 14.5. The quantitative estimate of drug-likeness (QED) is 0.751. The summed E-state index contributed by atoms with van der Waals surface area (Å²) in [5.41, 5.74) is 0.0486. The number of ether oxygens (including phenoxy) is 1. The molecule has 0 saturated heterocycles. The Kier molecular flexibility index (Phi) is 7.07. The van der Waals surface area contributed by atoms with E-state index < -0.39 is 18.9 Å². The minimum Gasteiger partial charge on any atom is -0.461 e. The number of hydrogen-bond donors (Lipinski definition) is 0. The molecule has 92 valence electrons. The molecule has 0 spiro atoms. The summed E-state index contributed by atoms with van der Waals surface area (Å²) in [6.45, 7) is 5.43. The number of carbonyl (C=O) groups is 1. The molecule has 0 atom stereocenters. The van der Waals surface area contributed by atoms with E-state index in [0.717, 1.165) is 4.57 Å². The number of esters is 1. The first-order valence-electron chi connectivity index (χ1n) is 5.10. The second-order valence-electron chi connectivity index (χ2n) is 2.57. The summed E-state index contributed by atoms with van der Waals surface area (Å²) in [6, 6.07) is 0. The lowest BCUT2D eigenvalue weighted by molar-refractivity contribution is 0.0519. The van der Waals surface area contributed by atoms with Crippen LogP contribution in [0.25, 0.3) is 0 Å². The summed E-state index contributed by atoms with van der Waals surface area (Å²) in [4.78, 5) is 14.7. The van der Waals surface area contributed by atoms with Crippen molar-refractivity contribution < 1.29 is 18.3 Å². The number of imidazole rings is 1. The van der Waals surface area contributed by atoms with E-state index in [9.17, 15) is 13.6 Å².